The summed E-state index contributed by atoms with van der Waals surface area (Å²) in [5.41, 5.74) is 2.05. The highest BCUT2D eigenvalue weighted by Gasteiger charge is 2.29. The third-order valence-electron chi connectivity index (χ3n) is 3.85. The zero-order chi connectivity index (χ0) is 20.4. The second-order valence-corrected chi connectivity index (χ2v) is 5.98. The van der Waals surface area contributed by atoms with Gasteiger partial charge in [0.05, 0.1) is 7.11 Å². The summed E-state index contributed by atoms with van der Waals surface area (Å²) >= 11 is 0. The summed E-state index contributed by atoms with van der Waals surface area (Å²) in [4.78, 5) is 4.16. The van der Waals surface area contributed by atoms with Gasteiger partial charge in [-0.15, -0.1) is 0 Å². The fourth-order valence-electron chi connectivity index (χ4n) is 2.48. The van der Waals surface area contributed by atoms with Crippen LogP contribution in [0.25, 0.3) is 0 Å². The molecule has 0 saturated heterocycles. The first-order chi connectivity index (χ1) is 13.4. The number of hydrogen-bond acceptors (Lipinski definition) is 3. The van der Waals surface area contributed by atoms with Gasteiger partial charge in [-0.1, -0.05) is 36.4 Å². The minimum absolute atomic E-state index is 0.0499. The second kappa shape index (κ2) is 10.4. The predicted octanol–water partition coefficient (Wildman–Crippen LogP) is 3.54. The Morgan fingerprint density at radius 2 is 1.75 bits per heavy atom. The number of halogens is 3. The Hall–Kier alpha value is -2.90. The van der Waals surface area contributed by atoms with Crippen molar-refractivity contribution in [2.75, 3.05) is 27.3 Å². The quantitative estimate of drug-likeness (QED) is 0.530. The maximum absolute atomic E-state index is 12.3. The molecule has 0 amide bonds. The Morgan fingerprint density at radius 1 is 1.00 bits per heavy atom. The number of hydrogen-bond donors (Lipinski definition) is 2. The molecule has 0 aliphatic heterocycles. The maximum Gasteiger partial charge on any atom is 0.422 e. The van der Waals surface area contributed by atoms with E-state index in [0.29, 0.717) is 12.5 Å². The van der Waals surface area contributed by atoms with E-state index in [4.69, 9.17) is 9.47 Å². The topological polar surface area (TPSA) is 54.9 Å². The van der Waals surface area contributed by atoms with E-state index in [0.717, 1.165) is 18.5 Å². The van der Waals surface area contributed by atoms with Crippen LogP contribution in [-0.2, 0) is 13.0 Å². The molecule has 0 spiro atoms. The van der Waals surface area contributed by atoms with Crippen molar-refractivity contribution in [3.05, 3.63) is 59.7 Å². The number of methoxy groups -OCH3 is 1. The van der Waals surface area contributed by atoms with Gasteiger partial charge in [0.15, 0.2) is 24.1 Å². The van der Waals surface area contributed by atoms with E-state index in [1.807, 2.05) is 18.2 Å². The molecule has 0 aromatic heterocycles. The molecule has 0 atom stereocenters. The highest BCUT2D eigenvalue weighted by atomic mass is 19.4. The van der Waals surface area contributed by atoms with Crippen molar-refractivity contribution in [1.29, 1.82) is 0 Å². The summed E-state index contributed by atoms with van der Waals surface area (Å²) in [5.74, 6) is 0.928. The van der Waals surface area contributed by atoms with Gasteiger partial charge in [0.2, 0.25) is 0 Å². The number of nitrogens with zero attached hydrogens (tertiary/aromatic N) is 1. The summed E-state index contributed by atoms with van der Waals surface area (Å²) in [6.07, 6.45) is -3.54. The molecule has 0 fully saturated rings. The van der Waals surface area contributed by atoms with Crippen LogP contribution in [0, 0.1) is 0 Å². The van der Waals surface area contributed by atoms with Crippen molar-refractivity contribution in [2.45, 2.75) is 19.1 Å². The third kappa shape index (κ3) is 7.38. The highest BCUT2D eigenvalue weighted by molar-refractivity contribution is 5.79. The van der Waals surface area contributed by atoms with Crippen LogP contribution in [0.4, 0.5) is 13.2 Å². The van der Waals surface area contributed by atoms with Gasteiger partial charge in [0.25, 0.3) is 0 Å². The van der Waals surface area contributed by atoms with Crippen LogP contribution in [0.15, 0.2) is 53.5 Å². The van der Waals surface area contributed by atoms with E-state index >= 15 is 0 Å². The minimum atomic E-state index is -4.40. The Labute approximate surface area is 162 Å². The molecule has 0 unspecified atom stereocenters. The molecule has 0 aliphatic rings. The smallest absolute Gasteiger partial charge is 0.422 e. The maximum atomic E-state index is 12.3. The Bertz CT molecular complexity index is 765. The molecule has 0 radical (unpaired) electrons. The van der Waals surface area contributed by atoms with E-state index in [2.05, 4.69) is 27.8 Å². The van der Waals surface area contributed by atoms with Crippen LogP contribution in [-0.4, -0.2) is 39.4 Å². The van der Waals surface area contributed by atoms with Gasteiger partial charge >= 0.3 is 6.18 Å². The lowest BCUT2D eigenvalue weighted by atomic mass is 10.1. The summed E-state index contributed by atoms with van der Waals surface area (Å²) in [6, 6.07) is 14.9. The molecule has 0 aliphatic carbocycles. The Balaban J connectivity index is 1.86. The van der Waals surface area contributed by atoms with Gasteiger partial charge in [-0.25, -0.2) is 0 Å². The van der Waals surface area contributed by atoms with Gasteiger partial charge in [-0.05, 0) is 29.7 Å². The monoisotopic (exact) mass is 395 g/mol. The third-order valence-corrected chi connectivity index (χ3v) is 3.85. The standard InChI is InChI=1S/C20H24F3N3O2/c1-24-19(25-11-10-15-6-4-3-5-7-15)26-13-16-8-9-17(18(12-16)27-2)28-14-20(21,22)23/h3-9,12H,10-11,13-14H2,1-2H3,(H2,24,25,26). The number of guanidine groups is 1. The SMILES string of the molecule is CN=C(NCCc1ccccc1)NCc1ccc(OCC(F)(F)F)c(OC)c1. The molecule has 8 heteroatoms. The molecule has 5 nitrogen and oxygen atoms in total. The van der Waals surface area contributed by atoms with Crippen molar-refractivity contribution < 1.29 is 22.6 Å². The van der Waals surface area contributed by atoms with Crippen molar-refractivity contribution >= 4 is 5.96 Å². The zero-order valence-corrected chi connectivity index (χ0v) is 15.8. The summed E-state index contributed by atoms with van der Waals surface area (Å²) in [7, 11) is 3.06. The zero-order valence-electron chi connectivity index (χ0n) is 15.8. The summed E-state index contributed by atoms with van der Waals surface area (Å²) in [5, 5.41) is 6.38. The molecule has 2 aromatic carbocycles. The molecular weight excluding hydrogens is 371 g/mol. The highest BCUT2D eigenvalue weighted by Crippen LogP contribution is 2.29. The van der Waals surface area contributed by atoms with Crippen LogP contribution in [0.3, 0.4) is 0 Å². The fourth-order valence-corrected chi connectivity index (χ4v) is 2.48. The minimum Gasteiger partial charge on any atom is -0.493 e. The molecule has 28 heavy (non-hydrogen) atoms. The predicted molar refractivity (Wildman–Crippen MR) is 103 cm³/mol. The molecule has 0 heterocycles. The number of alkyl halides is 3. The average Bonchev–Trinajstić information content (AvgIpc) is 2.69. The van der Waals surface area contributed by atoms with Crippen molar-refractivity contribution in [1.82, 2.24) is 10.6 Å². The van der Waals surface area contributed by atoms with Gasteiger partial charge in [-0.2, -0.15) is 13.2 Å². The van der Waals surface area contributed by atoms with E-state index in [-0.39, 0.29) is 11.5 Å². The first kappa shape index (κ1) is 21.4. The van der Waals surface area contributed by atoms with Crippen molar-refractivity contribution in [3.63, 3.8) is 0 Å². The van der Waals surface area contributed by atoms with Crippen LogP contribution in [0.2, 0.25) is 0 Å². The molecule has 2 aromatic rings. The lowest BCUT2D eigenvalue weighted by molar-refractivity contribution is -0.153. The second-order valence-electron chi connectivity index (χ2n) is 5.98. The van der Waals surface area contributed by atoms with Crippen LogP contribution in [0.5, 0.6) is 11.5 Å². The Kier molecular flexibility index (Phi) is 7.98. The van der Waals surface area contributed by atoms with Crippen LogP contribution < -0.4 is 20.1 Å². The number of rotatable bonds is 8. The lowest BCUT2D eigenvalue weighted by Crippen LogP contribution is -2.37. The van der Waals surface area contributed by atoms with Gasteiger partial charge in [-0.3, -0.25) is 4.99 Å². The van der Waals surface area contributed by atoms with E-state index in [9.17, 15) is 13.2 Å². The molecule has 0 saturated carbocycles. The number of benzene rings is 2. The van der Waals surface area contributed by atoms with Crippen LogP contribution >= 0.6 is 0 Å². The molecule has 2 rings (SSSR count). The molecule has 152 valence electrons. The van der Waals surface area contributed by atoms with Gasteiger partial charge < -0.3 is 20.1 Å². The Morgan fingerprint density at radius 3 is 2.39 bits per heavy atom. The van der Waals surface area contributed by atoms with E-state index in [1.54, 1.807) is 19.2 Å². The van der Waals surface area contributed by atoms with Gasteiger partial charge in [0.1, 0.15) is 0 Å². The number of aliphatic imine (C=N–C) groups is 1. The van der Waals surface area contributed by atoms with E-state index in [1.165, 1.54) is 18.7 Å². The number of ether oxygens (including phenoxy) is 2. The lowest BCUT2D eigenvalue weighted by Gasteiger charge is -2.15. The number of nitrogens with one attached hydrogen (secondary N) is 2. The average molecular weight is 395 g/mol. The molecular formula is C20H24F3N3O2. The van der Waals surface area contributed by atoms with Crippen molar-refractivity contribution in [3.8, 4) is 11.5 Å². The fraction of sp³-hybridized carbons (Fsp3) is 0.350. The van der Waals surface area contributed by atoms with Gasteiger partial charge in [0, 0.05) is 20.1 Å². The summed E-state index contributed by atoms with van der Waals surface area (Å²) in [6.45, 7) is -0.211. The first-order valence-corrected chi connectivity index (χ1v) is 8.76. The molecule has 0 bridgehead atoms. The molecule has 2 N–H and O–H groups in total. The largest absolute Gasteiger partial charge is 0.493 e. The normalized spacial score (nSPS) is 11.8. The first-order valence-electron chi connectivity index (χ1n) is 8.76. The van der Waals surface area contributed by atoms with E-state index < -0.39 is 12.8 Å². The van der Waals surface area contributed by atoms with Crippen LogP contribution in [0.1, 0.15) is 11.1 Å². The van der Waals surface area contributed by atoms with Crippen molar-refractivity contribution in [2.24, 2.45) is 4.99 Å². The summed E-state index contributed by atoms with van der Waals surface area (Å²) < 4.78 is 46.9.